The highest BCUT2D eigenvalue weighted by atomic mass is 32.2. The van der Waals surface area contributed by atoms with E-state index < -0.39 is 33.8 Å². The molecule has 0 aliphatic carbocycles. The van der Waals surface area contributed by atoms with Crippen molar-refractivity contribution in [2.45, 2.75) is 12.0 Å². The van der Waals surface area contributed by atoms with Crippen molar-refractivity contribution in [1.29, 1.82) is 0 Å². The smallest absolute Gasteiger partial charge is 0.421 e. The molecule has 1 unspecified atom stereocenters. The summed E-state index contributed by atoms with van der Waals surface area (Å²) in [5, 5.41) is 4.45. The predicted octanol–water partition coefficient (Wildman–Crippen LogP) is -2.13. The van der Waals surface area contributed by atoms with Gasteiger partial charge in [0.1, 0.15) is 5.54 Å². The van der Waals surface area contributed by atoms with E-state index in [1.807, 2.05) is 0 Å². The zero-order valence-electron chi connectivity index (χ0n) is 9.93. The molecule has 0 aromatic heterocycles. The third-order valence-electron chi connectivity index (χ3n) is 2.99. The van der Waals surface area contributed by atoms with Crippen LogP contribution in [0.2, 0.25) is 0 Å². The largest absolute Gasteiger partial charge is 0.452 e. The van der Waals surface area contributed by atoms with Gasteiger partial charge < -0.3 is 10.1 Å². The molecule has 10 nitrogen and oxygen atoms in total. The first-order valence-electron chi connectivity index (χ1n) is 5.28. The average molecular weight is 292 g/mol. The quantitative estimate of drug-likeness (QED) is 0.498. The first-order valence-corrected chi connectivity index (χ1v) is 6.72. The molecule has 4 amide bonds. The van der Waals surface area contributed by atoms with E-state index in [1.54, 1.807) is 4.72 Å². The first kappa shape index (κ1) is 13.5. The minimum absolute atomic E-state index is 0.0000274. The van der Waals surface area contributed by atoms with Crippen LogP contribution in [0.5, 0.6) is 0 Å². The fourth-order valence-electron chi connectivity index (χ4n) is 2.01. The number of nitrogens with one attached hydrogen (secondary N) is 3. The monoisotopic (exact) mass is 292 g/mol. The van der Waals surface area contributed by atoms with Gasteiger partial charge in [0.2, 0.25) is 0 Å². The number of hydrogen-bond acceptors (Lipinski definition) is 6. The molecular formula is C8H12N4O6S. The van der Waals surface area contributed by atoms with Crippen LogP contribution in [0.15, 0.2) is 0 Å². The highest BCUT2D eigenvalue weighted by Gasteiger charge is 2.53. The van der Waals surface area contributed by atoms with Gasteiger partial charge in [-0.2, -0.15) is 12.7 Å². The van der Waals surface area contributed by atoms with Crippen molar-refractivity contribution in [3.8, 4) is 0 Å². The Morgan fingerprint density at radius 1 is 1.47 bits per heavy atom. The Balaban J connectivity index is 2.12. The number of rotatable bonds is 2. The maximum absolute atomic E-state index is 11.8. The second-order valence-electron chi connectivity index (χ2n) is 4.17. The second kappa shape index (κ2) is 4.35. The van der Waals surface area contributed by atoms with E-state index in [4.69, 9.17) is 0 Å². The maximum Gasteiger partial charge on any atom is 0.421 e. The number of hydrogen-bond donors (Lipinski definition) is 3. The molecule has 2 saturated heterocycles. The third kappa shape index (κ3) is 2.33. The highest BCUT2D eigenvalue weighted by molar-refractivity contribution is 7.87. The van der Waals surface area contributed by atoms with Crippen LogP contribution >= 0.6 is 0 Å². The van der Waals surface area contributed by atoms with Crippen LogP contribution in [0.3, 0.4) is 0 Å². The standard InChI is InChI=1S/C8H12N4O6S/c1-18-7(15)11-19(16,17)12-3-2-8(4-12)5(13)9-6(14)10-8/h2-4H2,1H3,(H,11,15)(H2,9,10,13,14). The van der Waals surface area contributed by atoms with E-state index >= 15 is 0 Å². The molecule has 2 aliphatic heterocycles. The summed E-state index contributed by atoms with van der Waals surface area (Å²) in [6, 6.07) is -0.662. The van der Waals surface area contributed by atoms with Crippen LogP contribution in [-0.2, 0) is 19.7 Å². The van der Waals surface area contributed by atoms with Crippen molar-refractivity contribution in [1.82, 2.24) is 19.7 Å². The number of nitrogens with zero attached hydrogens (tertiary/aromatic N) is 1. The normalized spacial score (nSPS) is 27.2. The molecule has 0 bridgehead atoms. The van der Waals surface area contributed by atoms with Crippen molar-refractivity contribution < 1.29 is 27.5 Å². The molecule has 2 aliphatic rings. The summed E-state index contributed by atoms with van der Waals surface area (Å²) in [5.41, 5.74) is -1.26. The Morgan fingerprint density at radius 2 is 2.16 bits per heavy atom. The molecule has 106 valence electrons. The van der Waals surface area contributed by atoms with Gasteiger partial charge in [-0.05, 0) is 6.42 Å². The van der Waals surface area contributed by atoms with Crippen LogP contribution in [-0.4, -0.2) is 56.5 Å². The molecule has 3 N–H and O–H groups in total. The number of urea groups is 1. The number of ether oxygens (including phenoxy) is 1. The molecule has 0 radical (unpaired) electrons. The minimum Gasteiger partial charge on any atom is -0.452 e. The second-order valence-corrected chi connectivity index (χ2v) is 5.84. The summed E-state index contributed by atoms with van der Waals surface area (Å²) in [6.45, 7) is -0.239. The van der Waals surface area contributed by atoms with Gasteiger partial charge in [0.15, 0.2) is 0 Å². The van der Waals surface area contributed by atoms with Gasteiger partial charge >= 0.3 is 22.3 Å². The summed E-state index contributed by atoms with van der Waals surface area (Å²) in [4.78, 5) is 33.7. The molecular weight excluding hydrogens is 280 g/mol. The molecule has 1 spiro atoms. The Bertz CT molecular complexity index is 545. The van der Waals surface area contributed by atoms with Gasteiger partial charge in [0, 0.05) is 13.1 Å². The van der Waals surface area contributed by atoms with Gasteiger partial charge in [-0.25, -0.2) is 14.3 Å². The minimum atomic E-state index is -4.10. The number of imide groups is 1. The molecule has 11 heteroatoms. The third-order valence-corrected chi connectivity index (χ3v) is 4.40. The number of carbonyl (C=O) groups is 3. The van der Waals surface area contributed by atoms with Gasteiger partial charge in [-0.1, -0.05) is 0 Å². The number of methoxy groups -OCH3 is 1. The van der Waals surface area contributed by atoms with E-state index in [9.17, 15) is 22.8 Å². The molecule has 0 aromatic rings. The molecule has 0 saturated carbocycles. The molecule has 1 atom stereocenters. The summed E-state index contributed by atoms with van der Waals surface area (Å²) >= 11 is 0. The van der Waals surface area contributed by atoms with E-state index in [0.717, 1.165) is 11.4 Å². The molecule has 19 heavy (non-hydrogen) atoms. The van der Waals surface area contributed by atoms with E-state index in [1.165, 1.54) is 0 Å². The summed E-state index contributed by atoms with van der Waals surface area (Å²) < 4.78 is 30.4. The van der Waals surface area contributed by atoms with Crippen molar-refractivity contribution in [2.75, 3.05) is 20.2 Å². The average Bonchev–Trinajstić information content (AvgIpc) is 2.84. The van der Waals surface area contributed by atoms with Gasteiger partial charge in [0.05, 0.1) is 7.11 Å². The fraction of sp³-hybridized carbons (Fsp3) is 0.625. The molecule has 2 heterocycles. The van der Waals surface area contributed by atoms with Crippen LogP contribution < -0.4 is 15.4 Å². The Labute approximate surface area is 108 Å². The lowest BCUT2D eigenvalue weighted by molar-refractivity contribution is -0.123. The van der Waals surface area contributed by atoms with Crippen molar-refractivity contribution >= 4 is 28.2 Å². The van der Waals surface area contributed by atoms with Crippen molar-refractivity contribution in [3.63, 3.8) is 0 Å². The van der Waals surface area contributed by atoms with E-state index in [-0.39, 0.29) is 19.5 Å². The fourth-order valence-corrected chi connectivity index (χ4v) is 3.15. The lowest BCUT2D eigenvalue weighted by atomic mass is 10.00. The van der Waals surface area contributed by atoms with Crippen LogP contribution in [0.4, 0.5) is 9.59 Å². The topological polar surface area (TPSA) is 134 Å². The van der Waals surface area contributed by atoms with Crippen LogP contribution in [0.25, 0.3) is 0 Å². The number of carbonyl (C=O) groups excluding carboxylic acids is 3. The van der Waals surface area contributed by atoms with Crippen molar-refractivity contribution in [2.24, 2.45) is 0 Å². The number of amides is 4. The Hall–Kier alpha value is -1.88. The SMILES string of the molecule is COC(=O)NS(=O)(=O)N1CCC2(C1)NC(=O)NC2=O. The first-order chi connectivity index (χ1) is 8.79. The van der Waals surface area contributed by atoms with Crippen LogP contribution in [0.1, 0.15) is 6.42 Å². The molecule has 0 aromatic carbocycles. The molecule has 2 rings (SSSR count). The van der Waals surface area contributed by atoms with E-state index in [2.05, 4.69) is 15.4 Å². The Morgan fingerprint density at radius 3 is 2.68 bits per heavy atom. The van der Waals surface area contributed by atoms with Gasteiger partial charge in [-0.15, -0.1) is 0 Å². The van der Waals surface area contributed by atoms with Crippen molar-refractivity contribution in [3.05, 3.63) is 0 Å². The zero-order chi connectivity index (χ0) is 14.3. The lowest BCUT2D eigenvalue weighted by Crippen LogP contribution is -2.51. The molecule has 2 fully saturated rings. The summed E-state index contributed by atoms with van der Waals surface area (Å²) in [5.74, 6) is -0.576. The van der Waals surface area contributed by atoms with E-state index in [0.29, 0.717) is 0 Å². The maximum atomic E-state index is 11.8. The predicted molar refractivity (Wildman–Crippen MR) is 60.1 cm³/mol. The lowest BCUT2D eigenvalue weighted by Gasteiger charge is -2.20. The van der Waals surface area contributed by atoms with Crippen LogP contribution in [0, 0.1) is 0 Å². The summed E-state index contributed by atoms with van der Waals surface area (Å²) in [7, 11) is -3.07. The summed E-state index contributed by atoms with van der Waals surface area (Å²) in [6.07, 6.45) is -0.993. The van der Waals surface area contributed by atoms with Gasteiger partial charge in [0.25, 0.3) is 5.91 Å². The highest BCUT2D eigenvalue weighted by Crippen LogP contribution is 2.26. The Kier molecular flexibility index (Phi) is 3.10. The van der Waals surface area contributed by atoms with Gasteiger partial charge in [-0.3, -0.25) is 10.1 Å². The zero-order valence-corrected chi connectivity index (χ0v) is 10.7.